The van der Waals surface area contributed by atoms with Crippen LogP contribution >= 0.6 is 11.8 Å². The number of methoxy groups -OCH3 is 1. The van der Waals surface area contributed by atoms with Gasteiger partial charge in [0.25, 0.3) is 0 Å². The molecule has 2 nitrogen and oxygen atoms in total. The molecule has 2 unspecified atom stereocenters. The van der Waals surface area contributed by atoms with Gasteiger partial charge in [-0.05, 0) is 49.6 Å². The summed E-state index contributed by atoms with van der Waals surface area (Å²) >= 11 is 2.10. The highest BCUT2D eigenvalue weighted by Crippen LogP contribution is 2.35. The highest BCUT2D eigenvalue weighted by Gasteiger charge is 2.26. The summed E-state index contributed by atoms with van der Waals surface area (Å²) in [5.74, 6) is 1.19. The second-order valence-corrected chi connectivity index (χ2v) is 6.46. The molecule has 0 radical (unpaired) electrons. The van der Waals surface area contributed by atoms with Crippen molar-refractivity contribution in [1.82, 2.24) is 5.32 Å². The molecular weight excluding hydrogens is 254 g/mol. The molecule has 1 aromatic carbocycles. The lowest BCUT2D eigenvalue weighted by Gasteiger charge is -2.26. The minimum atomic E-state index is 0.492. The van der Waals surface area contributed by atoms with E-state index >= 15 is 0 Å². The van der Waals surface area contributed by atoms with Crippen molar-refractivity contribution in [2.24, 2.45) is 0 Å². The van der Waals surface area contributed by atoms with E-state index in [0.717, 1.165) is 13.0 Å². The Morgan fingerprint density at radius 1 is 1.37 bits per heavy atom. The summed E-state index contributed by atoms with van der Waals surface area (Å²) < 4.78 is 5.14. The second-order valence-electron chi connectivity index (χ2n) is 5.11. The molecule has 2 rings (SSSR count). The van der Waals surface area contributed by atoms with Gasteiger partial charge in [0.15, 0.2) is 0 Å². The van der Waals surface area contributed by atoms with Crippen molar-refractivity contribution in [1.29, 1.82) is 0 Å². The molecule has 0 aromatic heterocycles. The van der Waals surface area contributed by atoms with E-state index in [1.165, 1.54) is 36.1 Å². The minimum absolute atomic E-state index is 0.492. The van der Waals surface area contributed by atoms with Gasteiger partial charge in [-0.3, -0.25) is 0 Å². The predicted molar refractivity (Wildman–Crippen MR) is 83.9 cm³/mol. The molecular formula is C16H25NOS. The van der Waals surface area contributed by atoms with E-state index < -0.39 is 0 Å². The fourth-order valence-corrected chi connectivity index (χ4v) is 4.28. The normalized spacial score (nSPS) is 22.8. The number of fused-ring (bicyclic) bond motifs is 1. The number of hydrogen-bond acceptors (Lipinski definition) is 3. The van der Waals surface area contributed by atoms with Crippen molar-refractivity contribution >= 4 is 11.8 Å². The van der Waals surface area contributed by atoms with Crippen molar-refractivity contribution in [2.45, 2.75) is 37.0 Å². The van der Waals surface area contributed by atoms with Gasteiger partial charge < -0.3 is 10.1 Å². The van der Waals surface area contributed by atoms with Gasteiger partial charge in [0.2, 0.25) is 0 Å². The number of hydrogen-bond donors (Lipinski definition) is 1. The molecule has 1 aliphatic rings. The van der Waals surface area contributed by atoms with Crippen LogP contribution in [0, 0.1) is 0 Å². The SMILES string of the molecule is CNC1c2ccccc2CCCC1SCCCOC. The third-order valence-electron chi connectivity index (χ3n) is 3.83. The summed E-state index contributed by atoms with van der Waals surface area (Å²) in [4.78, 5) is 0. The molecule has 106 valence electrons. The maximum Gasteiger partial charge on any atom is 0.0470 e. The van der Waals surface area contributed by atoms with Gasteiger partial charge in [-0.25, -0.2) is 0 Å². The molecule has 0 spiro atoms. The van der Waals surface area contributed by atoms with Gasteiger partial charge >= 0.3 is 0 Å². The lowest BCUT2D eigenvalue weighted by Crippen LogP contribution is -2.27. The zero-order valence-electron chi connectivity index (χ0n) is 12.0. The molecule has 0 heterocycles. The molecule has 0 aliphatic heterocycles. The van der Waals surface area contributed by atoms with E-state index in [9.17, 15) is 0 Å². The number of thioether (sulfide) groups is 1. The van der Waals surface area contributed by atoms with Crippen molar-refractivity contribution in [3.05, 3.63) is 35.4 Å². The van der Waals surface area contributed by atoms with Crippen LogP contribution < -0.4 is 5.32 Å². The highest BCUT2D eigenvalue weighted by molar-refractivity contribution is 7.99. The summed E-state index contributed by atoms with van der Waals surface area (Å²) in [6, 6.07) is 9.41. The summed E-state index contributed by atoms with van der Waals surface area (Å²) in [5.41, 5.74) is 3.04. The molecule has 1 aliphatic carbocycles. The predicted octanol–water partition coefficient (Wildman–Crippen LogP) is 3.42. The molecule has 0 saturated heterocycles. The summed E-state index contributed by atoms with van der Waals surface area (Å²) in [7, 11) is 3.87. The van der Waals surface area contributed by atoms with Crippen LogP contribution in [-0.2, 0) is 11.2 Å². The highest BCUT2D eigenvalue weighted by atomic mass is 32.2. The Labute approximate surface area is 121 Å². The monoisotopic (exact) mass is 279 g/mol. The van der Waals surface area contributed by atoms with Crippen LogP contribution in [0.1, 0.15) is 36.4 Å². The maximum absolute atomic E-state index is 5.14. The van der Waals surface area contributed by atoms with Gasteiger partial charge in [-0.2, -0.15) is 11.8 Å². The Balaban J connectivity index is 2.03. The number of rotatable bonds is 6. The van der Waals surface area contributed by atoms with E-state index in [2.05, 4.69) is 48.4 Å². The van der Waals surface area contributed by atoms with E-state index in [1.807, 2.05) is 0 Å². The largest absolute Gasteiger partial charge is 0.385 e. The third-order valence-corrected chi connectivity index (χ3v) is 5.29. The lowest BCUT2D eigenvalue weighted by atomic mass is 9.99. The van der Waals surface area contributed by atoms with Crippen LogP contribution in [0.25, 0.3) is 0 Å². The van der Waals surface area contributed by atoms with Crippen molar-refractivity contribution < 1.29 is 4.74 Å². The quantitative estimate of drug-likeness (QED) is 0.637. The van der Waals surface area contributed by atoms with E-state index in [-0.39, 0.29) is 0 Å². The Bertz CT molecular complexity index is 383. The molecule has 3 heteroatoms. The number of aryl methyl sites for hydroxylation is 1. The zero-order chi connectivity index (χ0) is 13.5. The Hall–Kier alpha value is -0.510. The molecule has 0 saturated carbocycles. The summed E-state index contributed by atoms with van der Waals surface area (Å²) in [6.07, 6.45) is 4.98. The van der Waals surface area contributed by atoms with E-state index in [4.69, 9.17) is 4.74 Å². The molecule has 1 aromatic rings. The first kappa shape index (κ1) is 14.9. The standard InChI is InChI=1S/C16H25NOS/c1-17-16-14-9-4-3-7-13(14)8-5-10-15(16)19-12-6-11-18-2/h3-4,7,9,15-17H,5-6,8,10-12H2,1-2H3. The fourth-order valence-electron chi connectivity index (χ4n) is 2.88. The fraction of sp³-hybridized carbons (Fsp3) is 0.625. The van der Waals surface area contributed by atoms with Crippen LogP contribution in [0.5, 0.6) is 0 Å². The first-order valence-corrected chi connectivity index (χ1v) is 8.27. The van der Waals surface area contributed by atoms with Crippen molar-refractivity contribution in [3.63, 3.8) is 0 Å². The maximum atomic E-state index is 5.14. The topological polar surface area (TPSA) is 21.3 Å². The lowest BCUT2D eigenvalue weighted by molar-refractivity contribution is 0.200. The van der Waals surface area contributed by atoms with Crippen molar-refractivity contribution in [3.8, 4) is 0 Å². The average Bonchev–Trinajstić information content (AvgIpc) is 2.62. The van der Waals surface area contributed by atoms with Gasteiger partial charge in [0, 0.05) is 25.0 Å². The third kappa shape index (κ3) is 3.98. The molecule has 19 heavy (non-hydrogen) atoms. The van der Waals surface area contributed by atoms with Crippen LogP contribution in [0.3, 0.4) is 0 Å². The number of benzene rings is 1. The summed E-state index contributed by atoms with van der Waals surface area (Å²) in [6.45, 7) is 0.876. The van der Waals surface area contributed by atoms with Gasteiger partial charge in [0.1, 0.15) is 0 Å². The van der Waals surface area contributed by atoms with Gasteiger partial charge in [-0.1, -0.05) is 24.3 Å². The van der Waals surface area contributed by atoms with E-state index in [0.29, 0.717) is 11.3 Å². The molecule has 0 bridgehead atoms. The molecule has 2 atom stereocenters. The molecule has 1 N–H and O–H groups in total. The van der Waals surface area contributed by atoms with Crippen LogP contribution in [0.2, 0.25) is 0 Å². The van der Waals surface area contributed by atoms with Crippen LogP contribution in [0.15, 0.2) is 24.3 Å². The van der Waals surface area contributed by atoms with Gasteiger partial charge in [-0.15, -0.1) is 0 Å². The Morgan fingerprint density at radius 3 is 3.00 bits per heavy atom. The number of nitrogens with one attached hydrogen (secondary N) is 1. The Kier molecular flexibility index (Phi) is 6.21. The first-order chi connectivity index (χ1) is 9.36. The van der Waals surface area contributed by atoms with E-state index in [1.54, 1.807) is 7.11 Å². The number of ether oxygens (including phenoxy) is 1. The van der Waals surface area contributed by atoms with Crippen LogP contribution in [0.4, 0.5) is 0 Å². The van der Waals surface area contributed by atoms with Crippen LogP contribution in [-0.4, -0.2) is 31.8 Å². The van der Waals surface area contributed by atoms with Crippen molar-refractivity contribution in [2.75, 3.05) is 26.5 Å². The van der Waals surface area contributed by atoms with Gasteiger partial charge in [0.05, 0.1) is 0 Å². The second kappa shape index (κ2) is 7.93. The minimum Gasteiger partial charge on any atom is -0.385 e. The Morgan fingerprint density at radius 2 is 2.21 bits per heavy atom. The summed E-state index contributed by atoms with van der Waals surface area (Å²) in [5, 5.41) is 4.22. The smallest absolute Gasteiger partial charge is 0.0470 e. The molecule has 0 fully saturated rings. The molecule has 0 amide bonds. The zero-order valence-corrected chi connectivity index (χ0v) is 12.8. The first-order valence-electron chi connectivity index (χ1n) is 7.22. The average molecular weight is 279 g/mol.